The number of hydrogen-bond acceptors (Lipinski definition) is 0. The zero-order valence-corrected chi connectivity index (χ0v) is 24.3. The first-order valence-electron chi connectivity index (χ1n) is 15.4. The lowest BCUT2D eigenvalue weighted by molar-refractivity contribution is 0.648. The van der Waals surface area contributed by atoms with E-state index in [2.05, 4.69) is 173 Å². The molecule has 6 aromatic carbocycles. The van der Waals surface area contributed by atoms with Crippen molar-refractivity contribution in [3.63, 3.8) is 0 Å². The highest BCUT2D eigenvalue weighted by atomic mass is 15.0. The molecular formula is C42H30N2. The van der Waals surface area contributed by atoms with Crippen LogP contribution in [0.25, 0.3) is 71.6 Å². The molecule has 2 aromatic heterocycles. The summed E-state index contributed by atoms with van der Waals surface area (Å²) >= 11 is 0. The molecule has 1 atom stereocenters. The smallest absolute Gasteiger partial charge is 0.0560 e. The largest absolute Gasteiger partial charge is 0.333 e. The number of nitrogens with zero attached hydrogens (tertiary/aromatic N) is 2. The van der Waals surface area contributed by atoms with E-state index in [1.54, 1.807) is 0 Å². The van der Waals surface area contributed by atoms with Crippen molar-refractivity contribution in [2.75, 3.05) is 0 Å². The van der Waals surface area contributed by atoms with Gasteiger partial charge in [0.2, 0.25) is 0 Å². The summed E-state index contributed by atoms with van der Waals surface area (Å²) in [7, 11) is 0. The minimum Gasteiger partial charge on any atom is -0.333 e. The molecule has 9 rings (SSSR count). The summed E-state index contributed by atoms with van der Waals surface area (Å²) in [5.41, 5.74) is 11.1. The van der Waals surface area contributed by atoms with Gasteiger partial charge in [0.25, 0.3) is 0 Å². The van der Waals surface area contributed by atoms with Crippen molar-refractivity contribution in [3.8, 4) is 27.9 Å². The van der Waals surface area contributed by atoms with Gasteiger partial charge in [-0.15, -0.1) is 0 Å². The van der Waals surface area contributed by atoms with Gasteiger partial charge in [-0.2, -0.15) is 0 Å². The van der Waals surface area contributed by atoms with Crippen molar-refractivity contribution in [1.29, 1.82) is 0 Å². The van der Waals surface area contributed by atoms with E-state index >= 15 is 0 Å². The fourth-order valence-electron chi connectivity index (χ4n) is 7.18. The van der Waals surface area contributed by atoms with E-state index in [4.69, 9.17) is 0 Å². The summed E-state index contributed by atoms with van der Waals surface area (Å²) in [5, 5.41) is 5.15. The van der Waals surface area contributed by atoms with Gasteiger partial charge in [-0.05, 0) is 77.2 Å². The second-order valence-corrected chi connectivity index (χ2v) is 11.7. The first kappa shape index (κ1) is 24.9. The van der Waals surface area contributed by atoms with E-state index in [0.29, 0.717) is 6.04 Å². The molecule has 0 spiro atoms. The number of fused-ring (bicyclic) bond motifs is 6. The standard InChI is InChI=1S/C42H30N2/c1-3-12-29(13-4-1)30-14-11-17-34(26-30)44-40-21-10-8-19-36(40)38-28-32(23-25-42(38)44)31-22-24-41-37(27-31)35-18-7-9-20-39(35)43(41)33-15-5-2-6-16-33/h1-15,17-28,33H,16H2. The molecule has 0 amide bonds. The molecule has 0 N–H and O–H groups in total. The van der Waals surface area contributed by atoms with Crippen LogP contribution in [0.15, 0.2) is 164 Å². The van der Waals surface area contributed by atoms with Crippen molar-refractivity contribution in [2.45, 2.75) is 12.5 Å². The quantitative estimate of drug-likeness (QED) is 0.202. The van der Waals surface area contributed by atoms with Gasteiger partial charge in [0, 0.05) is 38.3 Å². The average Bonchev–Trinajstić information content (AvgIpc) is 3.61. The number of rotatable bonds is 4. The van der Waals surface area contributed by atoms with Gasteiger partial charge in [-0.1, -0.05) is 115 Å². The highest BCUT2D eigenvalue weighted by Crippen LogP contribution is 2.39. The van der Waals surface area contributed by atoms with Gasteiger partial charge in [-0.25, -0.2) is 0 Å². The third-order valence-electron chi connectivity index (χ3n) is 9.22. The predicted molar refractivity (Wildman–Crippen MR) is 187 cm³/mol. The molecule has 2 heteroatoms. The number of aromatic nitrogens is 2. The van der Waals surface area contributed by atoms with Crippen LogP contribution in [0.2, 0.25) is 0 Å². The molecule has 0 aliphatic heterocycles. The van der Waals surface area contributed by atoms with Crippen LogP contribution < -0.4 is 0 Å². The summed E-state index contributed by atoms with van der Waals surface area (Å²) in [6, 6.07) is 51.4. The maximum atomic E-state index is 2.51. The summed E-state index contributed by atoms with van der Waals surface area (Å²) in [6.45, 7) is 0. The van der Waals surface area contributed by atoms with Crippen LogP contribution in [0.5, 0.6) is 0 Å². The SMILES string of the molecule is C1=CCC(n2c3ccccc3c3cc(-c4ccc5c(c4)c4ccccc4n5-c4cccc(-c5ccccc5)c4)ccc32)C=C1. The topological polar surface area (TPSA) is 9.86 Å². The normalized spacial score (nSPS) is 14.8. The zero-order valence-electron chi connectivity index (χ0n) is 24.3. The molecule has 1 unspecified atom stereocenters. The molecule has 208 valence electrons. The van der Waals surface area contributed by atoms with Crippen LogP contribution in [0.1, 0.15) is 12.5 Å². The van der Waals surface area contributed by atoms with Gasteiger partial charge in [-0.3, -0.25) is 0 Å². The molecule has 44 heavy (non-hydrogen) atoms. The minimum absolute atomic E-state index is 0.330. The van der Waals surface area contributed by atoms with Gasteiger partial charge >= 0.3 is 0 Å². The number of para-hydroxylation sites is 2. The molecule has 1 aliphatic rings. The average molecular weight is 563 g/mol. The van der Waals surface area contributed by atoms with Crippen LogP contribution in [0.4, 0.5) is 0 Å². The number of allylic oxidation sites excluding steroid dienone is 4. The molecule has 2 heterocycles. The van der Waals surface area contributed by atoms with Crippen molar-refractivity contribution in [1.82, 2.24) is 9.13 Å². The highest BCUT2D eigenvalue weighted by molar-refractivity contribution is 6.12. The second kappa shape index (κ2) is 10.00. The lowest BCUT2D eigenvalue weighted by atomic mass is 10.0. The Labute approximate surface area is 256 Å². The van der Waals surface area contributed by atoms with E-state index in [0.717, 1.165) is 6.42 Å². The van der Waals surface area contributed by atoms with Crippen LogP contribution in [-0.4, -0.2) is 9.13 Å². The van der Waals surface area contributed by atoms with Gasteiger partial charge in [0.1, 0.15) is 0 Å². The molecule has 0 bridgehead atoms. The van der Waals surface area contributed by atoms with Crippen LogP contribution in [0.3, 0.4) is 0 Å². The maximum absolute atomic E-state index is 2.51. The Kier molecular flexibility index (Phi) is 5.67. The van der Waals surface area contributed by atoms with Gasteiger partial charge < -0.3 is 9.13 Å². The van der Waals surface area contributed by atoms with Crippen molar-refractivity contribution in [3.05, 3.63) is 164 Å². The Morgan fingerprint density at radius 1 is 0.432 bits per heavy atom. The molecule has 2 nitrogen and oxygen atoms in total. The van der Waals surface area contributed by atoms with Crippen LogP contribution >= 0.6 is 0 Å². The van der Waals surface area contributed by atoms with Gasteiger partial charge in [0.05, 0.1) is 17.1 Å². The number of hydrogen-bond donors (Lipinski definition) is 0. The molecule has 1 aliphatic carbocycles. The monoisotopic (exact) mass is 562 g/mol. The Hall–Kier alpha value is -5.60. The molecule has 0 fully saturated rings. The third-order valence-corrected chi connectivity index (χ3v) is 9.22. The first-order chi connectivity index (χ1) is 21.8. The zero-order chi connectivity index (χ0) is 29.0. The third kappa shape index (κ3) is 3.88. The lowest BCUT2D eigenvalue weighted by Gasteiger charge is -2.18. The minimum atomic E-state index is 0.330. The van der Waals surface area contributed by atoms with Gasteiger partial charge in [0.15, 0.2) is 0 Å². The Bertz CT molecular complexity index is 2420. The lowest BCUT2D eigenvalue weighted by Crippen LogP contribution is -2.06. The maximum Gasteiger partial charge on any atom is 0.0560 e. The fraction of sp³-hybridized carbons (Fsp3) is 0.0476. The molecular weight excluding hydrogens is 532 g/mol. The molecule has 8 aromatic rings. The van der Waals surface area contributed by atoms with E-state index in [1.165, 1.54) is 71.6 Å². The van der Waals surface area contributed by atoms with E-state index in [9.17, 15) is 0 Å². The molecule has 0 saturated carbocycles. The van der Waals surface area contributed by atoms with E-state index in [-0.39, 0.29) is 0 Å². The Morgan fingerprint density at radius 2 is 1.02 bits per heavy atom. The van der Waals surface area contributed by atoms with E-state index < -0.39 is 0 Å². The van der Waals surface area contributed by atoms with E-state index in [1.807, 2.05) is 0 Å². The first-order valence-corrected chi connectivity index (χ1v) is 15.4. The fourth-order valence-corrected chi connectivity index (χ4v) is 7.18. The van der Waals surface area contributed by atoms with Crippen LogP contribution in [-0.2, 0) is 0 Å². The highest BCUT2D eigenvalue weighted by Gasteiger charge is 2.18. The summed E-state index contributed by atoms with van der Waals surface area (Å²) in [6.07, 6.45) is 9.92. The van der Waals surface area contributed by atoms with Crippen molar-refractivity contribution >= 4 is 43.6 Å². The Balaban J connectivity index is 1.21. The van der Waals surface area contributed by atoms with Crippen molar-refractivity contribution in [2.24, 2.45) is 0 Å². The predicted octanol–water partition coefficient (Wildman–Crippen LogP) is 11.3. The summed E-state index contributed by atoms with van der Waals surface area (Å²) in [5.74, 6) is 0. The van der Waals surface area contributed by atoms with Crippen LogP contribution in [0, 0.1) is 0 Å². The van der Waals surface area contributed by atoms with Crippen molar-refractivity contribution < 1.29 is 0 Å². The second-order valence-electron chi connectivity index (χ2n) is 11.7. The Morgan fingerprint density at radius 3 is 1.80 bits per heavy atom. The molecule has 0 saturated heterocycles. The molecule has 0 radical (unpaired) electrons. The number of benzene rings is 6. The summed E-state index contributed by atoms with van der Waals surface area (Å²) < 4.78 is 4.92. The summed E-state index contributed by atoms with van der Waals surface area (Å²) in [4.78, 5) is 0.